The van der Waals surface area contributed by atoms with Crippen LogP contribution < -0.4 is 0 Å². The van der Waals surface area contributed by atoms with Crippen LogP contribution >= 0.6 is 0 Å². The predicted octanol–water partition coefficient (Wildman–Crippen LogP) is 16.7. The van der Waals surface area contributed by atoms with Crippen molar-refractivity contribution in [2.45, 2.75) is 264 Å². The number of carbonyl (C=O) groups is 3. The number of hydrogen-bond donors (Lipinski definition) is 0. The Morgan fingerprint density at radius 2 is 0.650 bits per heavy atom. The van der Waals surface area contributed by atoms with Crippen LogP contribution in [0.25, 0.3) is 0 Å². The monoisotopic (exact) mass is 841 g/mol. The number of rotatable bonds is 46. The lowest BCUT2D eigenvalue weighted by Gasteiger charge is -2.18. The van der Waals surface area contributed by atoms with Gasteiger partial charge >= 0.3 is 17.9 Å². The molecular weight excluding hydrogens is 745 g/mol. The highest BCUT2D eigenvalue weighted by molar-refractivity contribution is 5.71. The van der Waals surface area contributed by atoms with E-state index < -0.39 is 6.10 Å². The second-order valence-electron chi connectivity index (χ2n) is 17.1. The van der Waals surface area contributed by atoms with Crippen molar-refractivity contribution >= 4 is 17.9 Å². The summed E-state index contributed by atoms with van der Waals surface area (Å²) in [6, 6.07) is 0. The third-order valence-electron chi connectivity index (χ3n) is 11.1. The van der Waals surface area contributed by atoms with Gasteiger partial charge in [0.25, 0.3) is 0 Å². The van der Waals surface area contributed by atoms with E-state index in [1.54, 1.807) is 0 Å². The summed E-state index contributed by atoms with van der Waals surface area (Å²) in [4.78, 5) is 37.7. The van der Waals surface area contributed by atoms with Crippen LogP contribution in [0.1, 0.15) is 258 Å². The molecule has 0 aromatic carbocycles. The second kappa shape index (κ2) is 49.0. The minimum Gasteiger partial charge on any atom is -0.462 e. The van der Waals surface area contributed by atoms with Crippen molar-refractivity contribution in [3.05, 3.63) is 48.6 Å². The van der Waals surface area contributed by atoms with Crippen molar-refractivity contribution < 1.29 is 28.6 Å². The fraction of sp³-hybridized carbons (Fsp3) is 0.796. The molecule has 0 aliphatic carbocycles. The minimum absolute atomic E-state index is 0.0802. The average Bonchev–Trinajstić information content (AvgIpc) is 3.24. The fourth-order valence-electron chi connectivity index (χ4n) is 7.22. The number of unbranched alkanes of at least 4 members (excludes halogenated alkanes) is 27. The van der Waals surface area contributed by atoms with Crippen molar-refractivity contribution in [1.29, 1.82) is 0 Å². The van der Waals surface area contributed by atoms with Gasteiger partial charge in [0.2, 0.25) is 0 Å². The fourth-order valence-corrected chi connectivity index (χ4v) is 7.22. The highest BCUT2D eigenvalue weighted by atomic mass is 16.6. The molecule has 1 unspecified atom stereocenters. The van der Waals surface area contributed by atoms with Crippen LogP contribution in [0, 0.1) is 0 Å². The Balaban J connectivity index is 4.19. The highest BCUT2D eigenvalue weighted by Gasteiger charge is 2.19. The number of carbonyl (C=O) groups excluding carboxylic acids is 3. The lowest BCUT2D eigenvalue weighted by molar-refractivity contribution is -0.167. The lowest BCUT2D eigenvalue weighted by atomic mass is 10.1. The SMILES string of the molecule is CC/C=C\C/C=C\C/C=C\CCCCCCCC(=O)OC(COC(=O)CCCCCCCC)COC(=O)CCCCCCCCCCC/C=C\CCCCCCCCCC. The van der Waals surface area contributed by atoms with Gasteiger partial charge in [0.1, 0.15) is 13.2 Å². The molecule has 0 bridgehead atoms. The van der Waals surface area contributed by atoms with Gasteiger partial charge in [0.15, 0.2) is 6.10 Å². The number of ether oxygens (including phenoxy) is 3. The Kier molecular flexibility index (Phi) is 46.9. The van der Waals surface area contributed by atoms with Gasteiger partial charge in [-0.1, -0.05) is 211 Å². The molecule has 0 aliphatic heterocycles. The van der Waals surface area contributed by atoms with E-state index in [-0.39, 0.29) is 31.1 Å². The van der Waals surface area contributed by atoms with Gasteiger partial charge < -0.3 is 14.2 Å². The maximum atomic E-state index is 12.7. The first-order valence-electron chi connectivity index (χ1n) is 25.6. The molecule has 6 nitrogen and oxygen atoms in total. The molecule has 0 aliphatic rings. The highest BCUT2D eigenvalue weighted by Crippen LogP contribution is 2.15. The lowest BCUT2D eigenvalue weighted by Crippen LogP contribution is -2.30. The summed E-state index contributed by atoms with van der Waals surface area (Å²) >= 11 is 0. The second-order valence-corrected chi connectivity index (χ2v) is 17.1. The zero-order valence-electron chi connectivity index (χ0n) is 39.7. The maximum Gasteiger partial charge on any atom is 0.306 e. The summed E-state index contributed by atoms with van der Waals surface area (Å²) in [7, 11) is 0. The molecule has 0 fully saturated rings. The van der Waals surface area contributed by atoms with Crippen LogP contribution in [0.3, 0.4) is 0 Å². The van der Waals surface area contributed by atoms with Gasteiger partial charge in [-0.05, 0) is 77.0 Å². The van der Waals surface area contributed by atoms with Crippen molar-refractivity contribution in [3.8, 4) is 0 Å². The summed E-state index contributed by atoms with van der Waals surface area (Å²) in [6.45, 7) is 6.46. The Morgan fingerprint density at radius 3 is 1.03 bits per heavy atom. The smallest absolute Gasteiger partial charge is 0.306 e. The quantitative estimate of drug-likeness (QED) is 0.0263. The minimum atomic E-state index is -0.778. The van der Waals surface area contributed by atoms with E-state index in [0.717, 1.165) is 96.3 Å². The first kappa shape index (κ1) is 57.4. The van der Waals surface area contributed by atoms with Crippen LogP contribution in [0.4, 0.5) is 0 Å². The largest absolute Gasteiger partial charge is 0.462 e. The van der Waals surface area contributed by atoms with Crippen molar-refractivity contribution in [2.24, 2.45) is 0 Å². The van der Waals surface area contributed by atoms with Crippen LogP contribution in [-0.2, 0) is 28.6 Å². The topological polar surface area (TPSA) is 78.9 Å². The van der Waals surface area contributed by atoms with Crippen molar-refractivity contribution in [2.75, 3.05) is 13.2 Å². The molecule has 0 saturated heterocycles. The van der Waals surface area contributed by atoms with Crippen LogP contribution in [0.15, 0.2) is 48.6 Å². The molecule has 0 spiro atoms. The van der Waals surface area contributed by atoms with E-state index in [0.29, 0.717) is 19.3 Å². The van der Waals surface area contributed by atoms with Gasteiger partial charge in [-0.3, -0.25) is 14.4 Å². The Bertz CT molecular complexity index is 1060. The van der Waals surface area contributed by atoms with E-state index >= 15 is 0 Å². The van der Waals surface area contributed by atoms with E-state index in [1.165, 1.54) is 122 Å². The predicted molar refractivity (Wildman–Crippen MR) is 256 cm³/mol. The summed E-state index contributed by atoms with van der Waals surface area (Å²) in [5.41, 5.74) is 0. The Hall–Kier alpha value is -2.63. The zero-order valence-corrected chi connectivity index (χ0v) is 39.7. The van der Waals surface area contributed by atoms with Gasteiger partial charge in [0, 0.05) is 19.3 Å². The van der Waals surface area contributed by atoms with E-state index in [9.17, 15) is 14.4 Å². The molecule has 0 aromatic rings. The summed E-state index contributed by atoms with van der Waals surface area (Å²) in [6.07, 6.45) is 58.4. The van der Waals surface area contributed by atoms with Crippen LogP contribution in [-0.4, -0.2) is 37.2 Å². The Morgan fingerprint density at radius 1 is 0.350 bits per heavy atom. The summed E-state index contributed by atoms with van der Waals surface area (Å²) in [5.74, 6) is -0.904. The van der Waals surface area contributed by atoms with E-state index in [4.69, 9.17) is 14.2 Å². The van der Waals surface area contributed by atoms with Crippen molar-refractivity contribution in [3.63, 3.8) is 0 Å². The summed E-state index contributed by atoms with van der Waals surface area (Å²) < 4.78 is 16.7. The first-order valence-corrected chi connectivity index (χ1v) is 25.6. The first-order chi connectivity index (χ1) is 29.5. The van der Waals surface area contributed by atoms with Gasteiger partial charge in [-0.15, -0.1) is 0 Å². The molecule has 348 valence electrons. The van der Waals surface area contributed by atoms with Crippen LogP contribution in [0.2, 0.25) is 0 Å². The molecule has 0 radical (unpaired) electrons. The van der Waals surface area contributed by atoms with E-state index in [2.05, 4.69) is 69.4 Å². The third-order valence-corrected chi connectivity index (χ3v) is 11.1. The standard InChI is InChI=1S/C54H96O6/c1-4-7-10-13-16-18-20-22-24-25-26-27-28-29-31-32-34-36-38-41-44-47-53(56)59-50-51(49-58-52(55)46-43-40-15-12-9-6-3)60-54(57)48-45-42-39-37-35-33-30-23-21-19-17-14-11-8-5-2/h8,11,17,19,23,25-26,30,51H,4-7,9-10,12-16,18,20-22,24,27-29,31-50H2,1-3H3/b11-8-,19-17-,26-25-,30-23-. The average molecular weight is 841 g/mol. The third kappa shape index (κ3) is 46.4. The molecule has 0 rings (SSSR count). The number of allylic oxidation sites excluding steroid dienone is 8. The van der Waals surface area contributed by atoms with Crippen LogP contribution in [0.5, 0.6) is 0 Å². The molecule has 6 heteroatoms. The number of hydrogen-bond acceptors (Lipinski definition) is 6. The number of esters is 3. The molecule has 0 heterocycles. The van der Waals surface area contributed by atoms with Crippen molar-refractivity contribution in [1.82, 2.24) is 0 Å². The summed E-state index contributed by atoms with van der Waals surface area (Å²) in [5, 5.41) is 0. The molecule has 0 N–H and O–H groups in total. The molecule has 60 heavy (non-hydrogen) atoms. The molecule has 0 amide bonds. The Labute approximate surface area is 371 Å². The molecular formula is C54H96O6. The van der Waals surface area contributed by atoms with Gasteiger partial charge in [-0.25, -0.2) is 0 Å². The molecule has 1 atom stereocenters. The molecule has 0 saturated carbocycles. The van der Waals surface area contributed by atoms with Gasteiger partial charge in [-0.2, -0.15) is 0 Å². The maximum absolute atomic E-state index is 12.7. The molecule has 0 aromatic heterocycles. The van der Waals surface area contributed by atoms with E-state index in [1.807, 2.05) is 0 Å². The zero-order chi connectivity index (χ0) is 43.7. The van der Waals surface area contributed by atoms with Gasteiger partial charge in [0.05, 0.1) is 0 Å². The normalized spacial score (nSPS) is 12.4.